The number of carboxylic acid groups (broad SMARTS) is 1. The second-order valence-corrected chi connectivity index (χ2v) is 6.27. The fourth-order valence-corrected chi connectivity index (χ4v) is 3.26. The average Bonchev–Trinajstić information content (AvgIpc) is 3.05. The van der Waals surface area contributed by atoms with E-state index < -0.39 is 10.9 Å². The Morgan fingerprint density at radius 3 is 2.56 bits per heavy atom. The van der Waals surface area contributed by atoms with E-state index in [4.69, 9.17) is 9.52 Å². The highest BCUT2D eigenvalue weighted by Gasteiger charge is 2.24. The first-order valence-corrected chi connectivity index (χ1v) is 8.22. The molecule has 0 unspecified atom stereocenters. The lowest BCUT2D eigenvalue weighted by Gasteiger charge is -2.05. The van der Waals surface area contributed by atoms with Gasteiger partial charge in [-0.15, -0.1) is 0 Å². The number of hydrogen-bond acceptors (Lipinski definition) is 5. The van der Waals surface area contributed by atoms with Crippen LogP contribution < -0.4 is 5.43 Å². The molecule has 27 heavy (non-hydrogen) atoms. The lowest BCUT2D eigenvalue weighted by atomic mass is 10.1. The van der Waals surface area contributed by atoms with Crippen molar-refractivity contribution in [3.05, 3.63) is 85.3 Å². The molecule has 0 radical (unpaired) electrons. The van der Waals surface area contributed by atoms with Crippen molar-refractivity contribution in [1.29, 1.82) is 0 Å². The molecule has 0 fully saturated rings. The van der Waals surface area contributed by atoms with E-state index in [1.165, 1.54) is 30.3 Å². The molecule has 1 aliphatic rings. The molecule has 0 saturated heterocycles. The number of allylic oxidation sites excluding steroid dienone is 1. The van der Waals surface area contributed by atoms with Crippen molar-refractivity contribution >= 4 is 34.3 Å². The number of fused-ring (bicyclic) bond motifs is 2. The SMILES string of the molecule is O=C(O)c1ccc2oc3c(c(=O)c2c1)CCC3=Cc1ccc([N+](=O)[O-])cc1. The van der Waals surface area contributed by atoms with Crippen molar-refractivity contribution in [3.8, 4) is 0 Å². The van der Waals surface area contributed by atoms with Crippen LogP contribution in [-0.2, 0) is 6.42 Å². The van der Waals surface area contributed by atoms with Crippen LogP contribution >= 0.6 is 0 Å². The third-order valence-electron chi connectivity index (χ3n) is 4.61. The molecule has 1 N–H and O–H groups in total. The van der Waals surface area contributed by atoms with Crippen LogP contribution in [0.15, 0.2) is 51.7 Å². The number of carbonyl (C=O) groups is 1. The van der Waals surface area contributed by atoms with Crippen molar-refractivity contribution in [2.45, 2.75) is 12.8 Å². The summed E-state index contributed by atoms with van der Waals surface area (Å²) in [5.41, 5.74) is 2.29. The van der Waals surface area contributed by atoms with E-state index in [-0.39, 0.29) is 22.1 Å². The lowest BCUT2D eigenvalue weighted by Crippen LogP contribution is -2.09. The number of carboxylic acids is 1. The number of nitrogens with zero attached hydrogens (tertiary/aromatic N) is 1. The van der Waals surface area contributed by atoms with Gasteiger partial charge in [0.15, 0.2) is 5.43 Å². The van der Waals surface area contributed by atoms with Gasteiger partial charge in [-0.05, 0) is 60.4 Å². The van der Waals surface area contributed by atoms with Crippen molar-refractivity contribution in [1.82, 2.24) is 0 Å². The molecule has 3 aromatic rings. The molecule has 0 amide bonds. The monoisotopic (exact) mass is 363 g/mol. The Hall–Kier alpha value is -3.74. The first-order valence-electron chi connectivity index (χ1n) is 8.22. The second kappa shape index (κ2) is 6.21. The number of nitro benzene ring substituents is 1. The van der Waals surface area contributed by atoms with Gasteiger partial charge in [0.05, 0.1) is 15.9 Å². The largest absolute Gasteiger partial charge is 0.478 e. The highest BCUT2D eigenvalue weighted by atomic mass is 16.6. The highest BCUT2D eigenvalue weighted by Crippen LogP contribution is 2.34. The Morgan fingerprint density at radius 2 is 1.89 bits per heavy atom. The van der Waals surface area contributed by atoms with Gasteiger partial charge in [0.1, 0.15) is 11.3 Å². The maximum atomic E-state index is 12.8. The fourth-order valence-electron chi connectivity index (χ4n) is 3.26. The standard InChI is InChI=1S/C20H13NO6/c22-18-15-7-3-12(9-11-1-5-14(6-2-11)21(25)26)19(15)27-17-8-4-13(20(23)24)10-16(17)18/h1-2,4-6,8-10H,3,7H2,(H,23,24). The molecule has 7 heteroatoms. The first kappa shape index (κ1) is 16.7. The second-order valence-electron chi connectivity index (χ2n) is 6.27. The minimum Gasteiger partial charge on any atom is -0.478 e. The highest BCUT2D eigenvalue weighted by molar-refractivity contribution is 5.94. The minimum atomic E-state index is -1.10. The Labute approximate surface area is 152 Å². The van der Waals surface area contributed by atoms with Crippen LogP contribution in [0.4, 0.5) is 5.69 Å². The molecule has 2 aromatic carbocycles. The number of aromatic carboxylic acids is 1. The van der Waals surface area contributed by atoms with Gasteiger partial charge >= 0.3 is 5.97 Å². The van der Waals surface area contributed by atoms with Crippen LogP contribution in [0, 0.1) is 10.1 Å². The lowest BCUT2D eigenvalue weighted by molar-refractivity contribution is -0.384. The first-order chi connectivity index (χ1) is 12.9. The van der Waals surface area contributed by atoms with Crippen LogP contribution in [0.5, 0.6) is 0 Å². The quantitative estimate of drug-likeness (QED) is 0.558. The van der Waals surface area contributed by atoms with Gasteiger partial charge < -0.3 is 9.52 Å². The normalized spacial score (nSPS) is 14.4. The molecule has 0 aliphatic heterocycles. The zero-order chi connectivity index (χ0) is 19.1. The van der Waals surface area contributed by atoms with E-state index >= 15 is 0 Å². The topological polar surface area (TPSA) is 111 Å². The molecule has 1 aromatic heterocycles. The summed E-state index contributed by atoms with van der Waals surface area (Å²) in [7, 11) is 0. The van der Waals surface area contributed by atoms with Crippen molar-refractivity contribution in [3.63, 3.8) is 0 Å². The predicted molar refractivity (Wildman–Crippen MR) is 98.7 cm³/mol. The molecule has 134 valence electrons. The molecule has 0 atom stereocenters. The number of nitro groups is 1. The van der Waals surface area contributed by atoms with Gasteiger partial charge in [-0.1, -0.05) is 0 Å². The van der Waals surface area contributed by atoms with Crippen LogP contribution in [-0.4, -0.2) is 16.0 Å². The van der Waals surface area contributed by atoms with Gasteiger partial charge in [-0.2, -0.15) is 0 Å². The average molecular weight is 363 g/mol. The summed E-state index contributed by atoms with van der Waals surface area (Å²) in [6, 6.07) is 10.3. The van der Waals surface area contributed by atoms with E-state index in [9.17, 15) is 19.7 Å². The summed E-state index contributed by atoms with van der Waals surface area (Å²) in [6.45, 7) is 0. The van der Waals surface area contributed by atoms with E-state index in [1.54, 1.807) is 12.1 Å². The van der Waals surface area contributed by atoms with Crippen LogP contribution in [0.1, 0.15) is 33.7 Å². The molecule has 0 spiro atoms. The summed E-state index contributed by atoms with van der Waals surface area (Å²) in [5.74, 6) is -0.607. The van der Waals surface area contributed by atoms with Crippen molar-refractivity contribution in [2.24, 2.45) is 0 Å². The third-order valence-corrected chi connectivity index (χ3v) is 4.61. The fraction of sp³-hybridized carbons (Fsp3) is 0.100. The summed E-state index contributed by atoms with van der Waals surface area (Å²) in [5, 5.41) is 20.1. The molecule has 4 rings (SSSR count). The number of benzene rings is 2. The summed E-state index contributed by atoms with van der Waals surface area (Å²) < 4.78 is 5.90. The molecule has 1 heterocycles. The summed E-state index contributed by atoms with van der Waals surface area (Å²) in [6.07, 6.45) is 2.95. The number of non-ortho nitro benzene ring substituents is 1. The zero-order valence-electron chi connectivity index (χ0n) is 14.0. The van der Waals surface area contributed by atoms with E-state index in [0.29, 0.717) is 29.7 Å². The van der Waals surface area contributed by atoms with Crippen molar-refractivity contribution < 1.29 is 19.2 Å². The molecule has 7 nitrogen and oxygen atoms in total. The van der Waals surface area contributed by atoms with Gasteiger partial charge in [-0.3, -0.25) is 14.9 Å². The minimum absolute atomic E-state index is 0.00994. The Kier molecular flexibility index (Phi) is 3.84. The smallest absolute Gasteiger partial charge is 0.335 e. The predicted octanol–water partition coefficient (Wildman–Crippen LogP) is 3.89. The Morgan fingerprint density at radius 1 is 1.15 bits per heavy atom. The van der Waals surface area contributed by atoms with E-state index in [2.05, 4.69) is 0 Å². The Balaban J connectivity index is 1.80. The summed E-state index contributed by atoms with van der Waals surface area (Å²) in [4.78, 5) is 34.2. The summed E-state index contributed by atoms with van der Waals surface area (Å²) >= 11 is 0. The van der Waals surface area contributed by atoms with Crippen molar-refractivity contribution in [2.75, 3.05) is 0 Å². The van der Waals surface area contributed by atoms with Gasteiger partial charge in [0.25, 0.3) is 5.69 Å². The third kappa shape index (κ3) is 2.89. The molecular weight excluding hydrogens is 350 g/mol. The van der Waals surface area contributed by atoms with Crippen LogP contribution in [0.2, 0.25) is 0 Å². The molecular formula is C20H13NO6. The van der Waals surface area contributed by atoms with Gasteiger partial charge in [-0.25, -0.2) is 4.79 Å². The van der Waals surface area contributed by atoms with Crippen LogP contribution in [0.3, 0.4) is 0 Å². The number of rotatable bonds is 3. The van der Waals surface area contributed by atoms with Crippen LogP contribution in [0.25, 0.3) is 22.6 Å². The molecule has 0 saturated carbocycles. The molecule has 1 aliphatic carbocycles. The van der Waals surface area contributed by atoms with Gasteiger partial charge in [0.2, 0.25) is 0 Å². The van der Waals surface area contributed by atoms with E-state index in [0.717, 1.165) is 11.1 Å². The van der Waals surface area contributed by atoms with E-state index in [1.807, 2.05) is 6.08 Å². The number of hydrogen-bond donors (Lipinski definition) is 1. The Bertz CT molecular complexity index is 1190. The maximum absolute atomic E-state index is 12.8. The van der Waals surface area contributed by atoms with Gasteiger partial charge in [0, 0.05) is 17.7 Å². The molecule has 0 bridgehead atoms. The maximum Gasteiger partial charge on any atom is 0.335 e. The zero-order valence-corrected chi connectivity index (χ0v) is 14.0.